The third-order valence-electron chi connectivity index (χ3n) is 4.85. The van der Waals surface area contributed by atoms with E-state index in [0.29, 0.717) is 29.3 Å². The van der Waals surface area contributed by atoms with Crippen LogP contribution < -0.4 is 14.4 Å². The number of benzene rings is 2. The Morgan fingerprint density at radius 2 is 1.84 bits per heavy atom. The normalized spacial score (nSPS) is 15.5. The van der Waals surface area contributed by atoms with Crippen molar-refractivity contribution in [2.75, 3.05) is 28.5 Å². The molecule has 2 aromatic carbocycles. The smallest absolute Gasteiger partial charge is 0.338 e. The van der Waals surface area contributed by atoms with Crippen LogP contribution in [0.15, 0.2) is 48.5 Å². The van der Waals surface area contributed by atoms with Crippen LogP contribution in [0.5, 0.6) is 5.75 Å². The number of esters is 1. The Kier molecular flexibility index (Phi) is 7.17. The van der Waals surface area contributed by atoms with Gasteiger partial charge in [0.25, 0.3) is 5.91 Å². The molecule has 0 fully saturated rings. The quantitative estimate of drug-likeness (QED) is 0.494. The number of rotatable bonds is 8. The summed E-state index contributed by atoms with van der Waals surface area (Å²) in [6, 6.07) is 13.0. The van der Waals surface area contributed by atoms with Gasteiger partial charge in [0.15, 0.2) is 6.10 Å². The first-order valence-electron chi connectivity index (χ1n) is 10.2. The first kappa shape index (κ1) is 22.6. The molecule has 1 N–H and O–H groups in total. The summed E-state index contributed by atoms with van der Waals surface area (Å²) in [4.78, 5) is 24.8. The fourth-order valence-electron chi connectivity index (χ4n) is 3.06. The fourth-order valence-corrected chi connectivity index (χ4v) is 4.19. The van der Waals surface area contributed by atoms with Crippen molar-refractivity contribution in [3.63, 3.8) is 0 Å². The van der Waals surface area contributed by atoms with Gasteiger partial charge in [-0.15, -0.1) is 0 Å². The average molecular weight is 447 g/mol. The highest BCUT2D eigenvalue weighted by atomic mass is 32.2. The van der Waals surface area contributed by atoms with Gasteiger partial charge in [0.05, 0.1) is 30.2 Å². The van der Waals surface area contributed by atoms with Gasteiger partial charge in [-0.05, 0) is 49.7 Å². The summed E-state index contributed by atoms with van der Waals surface area (Å²) in [5, 5.41) is 2.71. The number of carbonyl (C=O) groups excluding carboxylic acids is 2. The number of carbonyl (C=O) groups is 2. The molecule has 1 aliphatic heterocycles. The van der Waals surface area contributed by atoms with Gasteiger partial charge in [0, 0.05) is 5.69 Å². The SMILES string of the molecule is CCCCOC(=O)c1ccc(NC(=O)C2CN(S(=O)(=O)CC)c3ccccc3O2)cc1. The second kappa shape index (κ2) is 9.82. The van der Waals surface area contributed by atoms with Crippen LogP contribution in [0.1, 0.15) is 37.0 Å². The van der Waals surface area contributed by atoms with E-state index in [-0.39, 0.29) is 12.3 Å². The van der Waals surface area contributed by atoms with Crippen molar-refractivity contribution in [2.24, 2.45) is 0 Å². The van der Waals surface area contributed by atoms with Crippen LogP contribution in [-0.4, -0.2) is 45.3 Å². The van der Waals surface area contributed by atoms with Crippen LogP contribution in [0, 0.1) is 0 Å². The largest absolute Gasteiger partial charge is 0.476 e. The van der Waals surface area contributed by atoms with Gasteiger partial charge in [-0.3, -0.25) is 9.10 Å². The lowest BCUT2D eigenvalue weighted by atomic mass is 10.2. The van der Waals surface area contributed by atoms with E-state index in [9.17, 15) is 18.0 Å². The van der Waals surface area contributed by atoms with Crippen LogP contribution in [0.4, 0.5) is 11.4 Å². The van der Waals surface area contributed by atoms with E-state index in [4.69, 9.17) is 9.47 Å². The molecule has 0 aromatic heterocycles. The summed E-state index contributed by atoms with van der Waals surface area (Å²) in [5.41, 5.74) is 1.26. The topological polar surface area (TPSA) is 102 Å². The summed E-state index contributed by atoms with van der Waals surface area (Å²) in [6.07, 6.45) is 0.716. The minimum atomic E-state index is -3.58. The summed E-state index contributed by atoms with van der Waals surface area (Å²) in [5.74, 6) is -0.662. The lowest BCUT2D eigenvalue weighted by Crippen LogP contribution is -2.49. The lowest BCUT2D eigenvalue weighted by molar-refractivity contribution is -0.122. The van der Waals surface area contributed by atoms with E-state index in [1.165, 1.54) is 4.31 Å². The molecule has 1 atom stereocenters. The predicted molar refractivity (Wildman–Crippen MR) is 118 cm³/mol. The van der Waals surface area contributed by atoms with E-state index in [2.05, 4.69) is 5.32 Å². The number of nitrogens with one attached hydrogen (secondary N) is 1. The summed E-state index contributed by atoms with van der Waals surface area (Å²) in [6.45, 7) is 3.81. The van der Waals surface area contributed by atoms with Crippen molar-refractivity contribution < 1.29 is 27.5 Å². The number of unbranched alkanes of at least 4 members (excludes halogenated alkanes) is 1. The van der Waals surface area contributed by atoms with E-state index >= 15 is 0 Å². The molecule has 0 saturated carbocycles. The molecule has 9 heteroatoms. The van der Waals surface area contributed by atoms with Gasteiger partial charge in [-0.2, -0.15) is 0 Å². The number of nitrogens with zero attached hydrogens (tertiary/aromatic N) is 1. The second-order valence-corrected chi connectivity index (χ2v) is 9.24. The lowest BCUT2D eigenvalue weighted by Gasteiger charge is -2.34. The number of amides is 1. The molecular formula is C22H26N2O6S. The van der Waals surface area contributed by atoms with Gasteiger partial charge in [0.2, 0.25) is 10.0 Å². The second-order valence-electron chi connectivity index (χ2n) is 7.06. The van der Waals surface area contributed by atoms with Gasteiger partial charge in [-0.1, -0.05) is 25.5 Å². The van der Waals surface area contributed by atoms with E-state index in [1.807, 2.05) is 6.92 Å². The highest BCUT2D eigenvalue weighted by Gasteiger charge is 2.35. The first-order valence-corrected chi connectivity index (χ1v) is 11.8. The van der Waals surface area contributed by atoms with Gasteiger partial charge < -0.3 is 14.8 Å². The molecule has 3 rings (SSSR count). The monoisotopic (exact) mass is 446 g/mol. The maximum atomic E-state index is 12.8. The van der Waals surface area contributed by atoms with Crippen molar-refractivity contribution in [1.82, 2.24) is 0 Å². The van der Waals surface area contributed by atoms with E-state index in [0.717, 1.165) is 12.8 Å². The molecule has 0 radical (unpaired) electrons. The van der Waals surface area contributed by atoms with Crippen LogP contribution in [0.3, 0.4) is 0 Å². The Balaban J connectivity index is 1.70. The number of para-hydroxylation sites is 2. The number of sulfonamides is 1. The molecule has 166 valence electrons. The Morgan fingerprint density at radius 3 is 2.52 bits per heavy atom. The first-order chi connectivity index (χ1) is 14.9. The zero-order chi connectivity index (χ0) is 22.4. The number of anilines is 2. The molecule has 0 bridgehead atoms. The Morgan fingerprint density at radius 1 is 1.13 bits per heavy atom. The maximum Gasteiger partial charge on any atom is 0.338 e. The highest BCUT2D eigenvalue weighted by Crippen LogP contribution is 2.35. The summed E-state index contributed by atoms with van der Waals surface area (Å²) >= 11 is 0. The average Bonchev–Trinajstić information content (AvgIpc) is 2.78. The minimum Gasteiger partial charge on any atom is -0.476 e. The van der Waals surface area contributed by atoms with Crippen molar-refractivity contribution in [2.45, 2.75) is 32.8 Å². The fraction of sp³-hybridized carbons (Fsp3) is 0.364. The third kappa shape index (κ3) is 5.35. The molecule has 1 unspecified atom stereocenters. The molecule has 0 spiro atoms. The number of ether oxygens (including phenoxy) is 2. The Hall–Kier alpha value is -3.07. The van der Waals surface area contributed by atoms with E-state index in [1.54, 1.807) is 55.5 Å². The number of fused-ring (bicyclic) bond motifs is 1. The summed E-state index contributed by atoms with van der Waals surface area (Å²) in [7, 11) is -3.58. The van der Waals surface area contributed by atoms with Gasteiger partial charge in [-0.25, -0.2) is 13.2 Å². The highest BCUT2D eigenvalue weighted by molar-refractivity contribution is 7.92. The molecule has 2 aromatic rings. The minimum absolute atomic E-state index is 0.0918. The zero-order valence-corrected chi connectivity index (χ0v) is 18.4. The zero-order valence-electron chi connectivity index (χ0n) is 17.5. The van der Waals surface area contributed by atoms with Gasteiger partial charge in [0.1, 0.15) is 5.75 Å². The molecule has 31 heavy (non-hydrogen) atoms. The Bertz CT molecular complexity index is 1040. The molecule has 0 aliphatic carbocycles. The third-order valence-corrected chi connectivity index (χ3v) is 6.59. The predicted octanol–water partition coefficient (Wildman–Crippen LogP) is 3.20. The molecular weight excluding hydrogens is 420 g/mol. The molecule has 1 amide bonds. The number of hydrogen-bond donors (Lipinski definition) is 1. The molecule has 0 saturated heterocycles. The van der Waals surface area contributed by atoms with Crippen molar-refractivity contribution in [3.05, 3.63) is 54.1 Å². The summed E-state index contributed by atoms with van der Waals surface area (Å²) < 4.78 is 37.2. The van der Waals surface area contributed by atoms with Crippen molar-refractivity contribution >= 4 is 33.3 Å². The van der Waals surface area contributed by atoms with E-state index < -0.39 is 28.0 Å². The number of hydrogen-bond acceptors (Lipinski definition) is 6. The van der Waals surface area contributed by atoms with Crippen LogP contribution >= 0.6 is 0 Å². The Labute approximate surface area is 182 Å². The van der Waals surface area contributed by atoms with Gasteiger partial charge >= 0.3 is 5.97 Å². The molecule has 1 aliphatic rings. The van der Waals surface area contributed by atoms with Crippen LogP contribution in [-0.2, 0) is 19.6 Å². The molecule has 8 nitrogen and oxygen atoms in total. The van der Waals surface area contributed by atoms with Crippen molar-refractivity contribution in [3.8, 4) is 5.75 Å². The van der Waals surface area contributed by atoms with Crippen molar-refractivity contribution in [1.29, 1.82) is 0 Å². The standard InChI is InChI=1S/C22H26N2O6S/c1-3-5-14-29-22(26)16-10-12-17(13-11-16)23-21(25)20-15-24(31(27,28)4-2)18-8-6-7-9-19(18)30-20/h6-13,20H,3-5,14-15H2,1-2H3,(H,23,25). The van der Waals surface area contributed by atoms with Crippen LogP contribution in [0.25, 0.3) is 0 Å². The molecule has 1 heterocycles. The van der Waals surface area contributed by atoms with Crippen LogP contribution in [0.2, 0.25) is 0 Å². The maximum absolute atomic E-state index is 12.8.